The highest BCUT2D eigenvalue weighted by Gasteiger charge is 2.18. The molecule has 0 atom stereocenters. The molecule has 4 heteroatoms. The first-order valence-electron chi connectivity index (χ1n) is 6.83. The molecule has 2 aromatic carbocycles. The molecule has 0 aliphatic heterocycles. The number of halogens is 1. The van der Waals surface area contributed by atoms with E-state index in [0.29, 0.717) is 32.3 Å². The van der Waals surface area contributed by atoms with Crippen molar-refractivity contribution in [3.05, 3.63) is 68.3 Å². The quantitative estimate of drug-likeness (QED) is 0.623. The van der Waals surface area contributed by atoms with Crippen molar-refractivity contribution < 1.29 is 9.21 Å². The fraction of sp³-hybridized carbons (Fsp3) is 0.111. The normalized spacial score (nSPS) is 10.9. The highest BCUT2D eigenvalue weighted by molar-refractivity contribution is 9.10. The molecule has 0 fully saturated rings. The Hall–Kier alpha value is -2.20. The van der Waals surface area contributed by atoms with Gasteiger partial charge in [0.25, 0.3) is 0 Å². The fourth-order valence-electron chi connectivity index (χ4n) is 2.51. The lowest BCUT2D eigenvalue weighted by Crippen LogP contribution is -2.11. The molecule has 110 valence electrons. The topological polar surface area (TPSA) is 47.3 Å². The van der Waals surface area contributed by atoms with Crippen molar-refractivity contribution in [1.82, 2.24) is 0 Å². The Morgan fingerprint density at radius 1 is 1.09 bits per heavy atom. The van der Waals surface area contributed by atoms with Crippen LogP contribution in [0.15, 0.2) is 56.1 Å². The van der Waals surface area contributed by atoms with Crippen LogP contribution in [0.5, 0.6) is 0 Å². The van der Waals surface area contributed by atoms with Gasteiger partial charge in [-0.2, -0.15) is 0 Å². The molecule has 3 rings (SSSR count). The van der Waals surface area contributed by atoms with Crippen molar-refractivity contribution in [2.24, 2.45) is 0 Å². The average Bonchev–Trinajstić information content (AvgIpc) is 2.52. The highest BCUT2D eigenvalue weighted by atomic mass is 79.9. The number of Topliss-reactive ketones (excluding diaryl/α,β-unsaturated/α-hetero) is 1. The van der Waals surface area contributed by atoms with Gasteiger partial charge in [0.1, 0.15) is 5.76 Å². The minimum absolute atomic E-state index is 0.156. The van der Waals surface area contributed by atoms with E-state index in [9.17, 15) is 9.59 Å². The second-order valence-electron chi connectivity index (χ2n) is 5.11. The molecule has 3 nitrogen and oxygen atoms in total. The number of hydrogen-bond acceptors (Lipinski definition) is 3. The maximum atomic E-state index is 12.8. The van der Waals surface area contributed by atoms with Crippen LogP contribution in [0.4, 0.5) is 0 Å². The molecule has 0 N–H and O–H groups in total. The number of carbonyl (C=O) groups excluding carboxylic acids is 1. The molecule has 1 heterocycles. The highest BCUT2D eigenvalue weighted by Crippen LogP contribution is 2.31. The summed E-state index contributed by atoms with van der Waals surface area (Å²) in [4.78, 5) is 24.6. The van der Waals surface area contributed by atoms with E-state index >= 15 is 0 Å². The van der Waals surface area contributed by atoms with E-state index in [4.69, 9.17) is 4.42 Å². The summed E-state index contributed by atoms with van der Waals surface area (Å²) in [7, 11) is 0. The third-order valence-electron chi connectivity index (χ3n) is 3.64. The van der Waals surface area contributed by atoms with E-state index in [-0.39, 0.29) is 11.2 Å². The smallest absolute Gasteiger partial charge is 0.197 e. The first-order valence-corrected chi connectivity index (χ1v) is 7.62. The minimum Gasteiger partial charge on any atom is -0.454 e. The minimum atomic E-state index is -0.174. The van der Waals surface area contributed by atoms with Crippen molar-refractivity contribution in [2.75, 3.05) is 0 Å². The Kier molecular flexibility index (Phi) is 3.71. The van der Waals surface area contributed by atoms with Gasteiger partial charge in [-0.1, -0.05) is 30.3 Å². The van der Waals surface area contributed by atoms with Crippen LogP contribution in [0.3, 0.4) is 0 Å². The molecular formula is C18H13BrO3. The molecular weight excluding hydrogens is 344 g/mol. The van der Waals surface area contributed by atoms with Gasteiger partial charge < -0.3 is 4.42 Å². The summed E-state index contributed by atoms with van der Waals surface area (Å²) >= 11 is 3.40. The molecule has 22 heavy (non-hydrogen) atoms. The van der Waals surface area contributed by atoms with E-state index in [1.807, 2.05) is 30.3 Å². The third-order valence-corrected chi connectivity index (χ3v) is 4.26. The van der Waals surface area contributed by atoms with Gasteiger partial charge in [-0.15, -0.1) is 0 Å². The fourth-order valence-corrected chi connectivity index (χ4v) is 2.92. The van der Waals surface area contributed by atoms with Gasteiger partial charge >= 0.3 is 0 Å². The van der Waals surface area contributed by atoms with Crippen molar-refractivity contribution in [2.45, 2.75) is 13.8 Å². The Labute approximate surface area is 135 Å². The predicted molar refractivity (Wildman–Crippen MR) is 90.4 cm³/mol. The molecule has 1 aromatic heterocycles. The molecule has 3 aromatic rings. The van der Waals surface area contributed by atoms with Gasteiger partial charge in [-0.25, -0.2) is 0 Å². The van der Waals surface area contributed by atoms with E-state index in [1.54, 1.807) is 19.1 Å². The summed E-state index contributed by atoms with van der Waals surface area (Å²) in [5.41, 5.74) is 1.95. The van der Waals surface area contributed by atoms with Gasteiger partial charge in [0.2, 0.25) is 0 Å². The van der Waals surface area contributed by atoms with Crippen LogP contribution in [-0.2, 0) is 0 Å². The Balaban J connectivity index is 2.46. The lowest BCUT2D eigenvalue weighted by molar-refractivity contribution is 0.101. The second-order valence-corrected chi connectivity index (χ2v) is 5.96. The van der Waals surface area contributed by atoms with Crippen molar-refractivity contribution >= 4 is 32.7 Å². The maximum Gasteiger partial charge on any atom is 0.197 e. The van der Waals surface area contributed by atoms with E-state index in [2.05, 4.69) is 15.9 Å². The second kappa shape index (κ2) is 5.54. The van der Waals surface area contributed by atoms with Gasteiger partial charge in [-0.3, -0.25) is 9.59 Å². The van der Waals surface area contributed by atoms with Crippen molar-refractivity contribution in [3.8, 4) is 11.3 Å². The summed E-state index contributed by atoms with van der Waals surface area (Å²) < 4.78 is 6.64. The summed E-state index contributed by atoms with van der Waals surface area (Å²) in [6, 6.07) is 12.8. The SMILES string of the molecule is CC(=O)c1ccc(Br)c2oc(-c3ccccc3)c(C)c(=O)c12. The standard InChI is InChI=1S/C18H13BrO3/c1-10-16(21)15-13(11(2)20)8-9-14(19)18(15)22-17(10)12-6-4-3-5-7-12/h3-9H,1-2H3. The summed E-state index contributed by atoms with van der Waals surface area (Å²) in [6.07, 6.45) is 0. The zero-order valence-corrected chi connectivity index (χ0v) is 13.7. The first-order chi connectivity index (χ1) is 10.5. The molecule has 0 saturated carbocycles. The number of ketones is 1. The van der Waals surface area contributed by atoms with E-state index in [1.165, 1.54) is 6.92 Å². The van der Waals surface area contributed by atoms with Crippen molar-refractivity contribution in [1.29, 1.82) is 0 Å². The molecule has 0 aliphatic carbocycles. The summed E-state index contributed by atoms with van der Waals surface area (Å²) in [5.74, 6) is 0.371. The molecule has 0 aliphatic rings. The number of fused-ring (bicyclic) bond motifs is 1. The lowest BCUT2D eigenvalue weighted by atomic mass is 10.0. The molecule has 0 spiro atoms. The van der Waals surface area contributed by atoms with Crippen molar-refractivity contribution in [3.63, 3.8) is 0 Å². The third kappa shape index (κ3) is 2.29. The van der Waals surface area contributed by atoms with Gasteiger partial charge in [0, 0.05) is 16.7 Å². The number of hydrogen-bond donors (Lipinski definition) is 0. The number of rotatable bonds is 2. The largest absolute Gasteiger partial charge is 0.454 e. The number of carbonyl (C=O) groups is 1. The van der Waals surface area contributed by atoms with Crippen LogP contribution >= 0.6 is 15.9 Å². The van der Waals surface area contributed by atoms with E-state index in [0.717, 1.165) is 5.56 Å². The van der Waals surface area contributed by atoms with Gasteiger partial charge in [-0.05, 0) is 41.9 Å². The zero-order chi connectivity index (χ0) is 15.9. The van der Waals surface area contributed by atoms with Gasteiger partial charge in [0.15, 0.2) is 16.8 Å². The monoisotopic (exact) mass is 356 g/mol. The Morgan fingerprint density at radius 3 is 2.41 bits per heavy atom. The van der Waals surface area contributed by atoms with Gasteiger partial charge in [0.05, 0.1) is 9.86 Å². The average molecular weight is 357 g/mol. The van der Waals surface area contributed by atoms with E-state index < -0.39 is 0 Å². The van der Waals surface area contributed by atoms with Crippen LogP contribution in [0.25, 0.3) is 22.3 Å². The molecule has 0 amide bonds. The molecule has 0 saturated heterocycles. The van der Waals surface area contributed by atoms with Crippen LogP contribution in [0.2, 0.25) is 0 Å². The first kappa shape index (κ1) is 14.7. The summed E-state index contributed by atoms with van der Waals surface area (Å²) in [5, 5.41) is 0.332. The predicted octanol–water partition coefficient (Wildman–Crippen LogP) is 4.73. The maximum absolute atomic E-state index is 12.8. The zero-order valence-electron chi connectivity index (χ0n) is 12.1. The van der Waals surface area contributed by atoms with Crippen LogP contribution in [0.1, 0.15) is 22.8 Å². The van der Waals surface area contributed by atoms with Crippen LogP contribution in [0, 0.1) is 6.92 Å². The molecule has 0 bridgehead atoms. The lowest BCUT2D eigenvalue weighted by Gasteiger charge is -2.10. The molecule has 0 radical (unpaired) electrons. The Morgan fingerprint density at radius 2 is 1.77 bits per heavy atom. The molecule has 0 unspecified atom stereocenters. The Bertz CT molecular complexity index is 940. The summed E-state index contributed by atoms with van der Waals surface area (Å²) in [6.45, 7) is 3.17. The van der Waals surface area contributed by atoms with Crippen LogP contribution < -0.4 is 5.43 Å². The van der Waals surface area contributed by atoms with Crippen LogP contribution in [-0.4, -0.2) is 5.78 Å². The number of benzene rings is 2.